The summed E-state index contributed by atoms with van der Waals surface area (Å²) in [5.41, 5.74) is 0. The van der Waals surface area contributed by atoms with Crippen LogP contribution in [0.25, 0.3) is 0 Å². The van der Waals surface area contributed by atoms with E-state index in [1.165, 1.54) is 12.8 Å². The van der Waals surface area contributed by atoms with Crippen LogP contribution in [-0.4, -0.2) is 22.7 Å². The quantitative estimate of drug-likeness (QED) is 0.296. The van der Waals surface area contributed by atoms with Crippen molar-refractivity contribution >= 4 is 39.5 Å². The van der Waals surface area contributed by atoms with Gasteiger partial charge in [-0.15, -0.1) is 11.6 Å². The van der Waals surface area contributed by atoms with Crippen LogP contribution in [0.4, 0.5) is 0 Å². The van der Waals surface area contributed by atoms with Gasteiger partial charge in [0.15, 0.2) is 4.50 Å². The summed E-state index contributed by atoms with van der Waals surface area (Å²) in [6, 6.07) is 0. The maximum Gasteiger partial charge on any atom is 0.158 e. The maximum atomic E-state index is 5.75. The standard InChI is InChI=1S/C7H13Cl2NS/c1-2-3-6-11-7(9)10-5-4-8/h2-6H2,1H3. The molecule has 0 aliphatic heterocycles. The van der Waals surface area contributed by atoms with Gasteiger partial charge in [0.05, 0.1) is 6.54 Å². The predicted octanol–water partition coefficient (Wildman–Crippen LogP) is 3.35. The Morgan fingerprint density at radius 2 is 2.27 bits per heavy atom. The van der Waals surface area contributed by atoms with Gasteiger partial charge in [-0.3, -0.25) is 4.99 Å². The summed E-state index contributed by atoms with van der Waals surface area (Å²) >= 11 is 12.8. The van der Waals surface area contributed by atoms with Gasteiger partial charge >= 0.3 is 0 Å². The Labute approximate surface area is 82.6 Å². The first kappa shape index (κ1) is 11.6. The molecule has 0 aromatic heterocycles. The van der Waals surface area contributed by atoms with Crippen molar-refractivity contribution in [2.45, 2.75) is 19.8 Å². The van der Waals surface area contributed by atoms with Crippen molar-refractivity contribution in [3.8, 4) is 0 Å². The molecular weight excluding hydrogens is 201 g/mol. The second-order valence-electron chi connectivity index (χ2n) is 2.03. The van der Waals surface area contributed by atoms with E-state index in [1.54, 1.807) is 11.8 Å². The first-order valence-corrected chi connectivity index (χ1v) is 5.59. The third-order valence-electron chi connectivity index (χ3n) is 1.04. The Kier molecular flexibility index (Phi) is 9.17. The van der Waals surface area contributed by atoms with Crippen LogP contribution in [0.1, 0.15) is 19.8 Å². The summed E-state index contributed by atoms with van der Waals surface area (Å²) in [5.74, 6) is 1.60. The minimum absolute atomic E-state index is 0.546. The Morgan fingerprint density at radius 3 is 2.82 bits per heavy atom. The van der Waals surface area contributed by atoms with E-state index in [0.29, 0.717) is 16.9 Å². The number of halogens is 2. The molecule has 0 saturated carbocycles. The van der Waals surface area contributed by atoms with Gasteiger partial charge < -0.3 is 0 Å². The van der Waals surface area contributed by atoms with Gasteiger partial charge in [-0.1, -0.05) is 36.7 Å². The summed E-state index contributed by atoms with van der Waals surface area (Å²) in [7, 11) is 0. The molecule has 1 nitrogen and oxygen atoms in total. The zero-order valence-electron chi connectivity index (χ0n) is 6.65. The Morgan fingerprint density at radius 1 is 1.55 bits per heavy atom. The zero-order chi connectivity index (χ0) is 8.53. The van der Waals surface area contributed by atoms with Crippen LogP contribution in [0.2, 0.25) is 0 Å². The summed E-state index contributed by atoms with van der Waals surface area (Å²) in [6.07, 6.45) is 2.39. The Bertz CT molecular complexity index is 117. The molecule has 66 valence electrons. The highest BCUT2D eigenvalue weighted by molar-refractivity contribution is 8.16. The minimum Gasteiger partial charge on any atom is -0.266 e. The predicted molar refractivity (Wildman–Crippen MR) is 56.2 cm³/mol. The van der Waals surface area contributed by atoms with E-state index in [2.05, 4.69) is 11.9 Å². The summed E-state index contributed by atoms with van der Waals surface area (Å²) in [4.78, 5) is 4.03. The number of nitrogens with zero attached hydrogens (tertiary/aromatic N) is 1. The number of alkyl halides is 1. The van der Waals surface area contributed by atoms with Crippen LogP contribution in [0.15, 0.2) is 4.99 Å². The van der Waals surface area contributed by atoms with E-state index in [9.17, 15) is 0 Å². The van der Waals surface area contributed by atoms with Crippen LogP contribution >= 0.6 is 35.0 Å². The largest absolute Gasteiger partial charge is 0.266 e. The average Bonchev–Trinajstić information content (AvgIpc) is 2.01. The number of hydrogen-bond acceptors (Lipinski definition) is 2. The fraction of sp³-hybridized carbons (Fsp3) is 0.857. The molecule has 0 heterocycles. The van der Waals surface area contributed by atoms with E-state index in [0.717, 1.165) is 5.75 Å². The minimum atomic E-state index is 0.546. The lowest BCUT2D eigenvalue weighted by Crippen LogP contribution is -1.88. The number of thioether (sulfide) groups is 1. The van der Waals surface area contributed by atoms with Crippen LogP contribution in [-0.2, 0) is 0 Å². The van der Waals surface area contributed by atoms with Crippen molar-refractivity contribution in [3.63, 3.8) is 0 Å². The van der Waals surface area contributed by atoms with Gasteiger partial charge in [-0.2, -0.15) is 0 Å². The van der Waals surface area contributed by atoms with Gasteiger partial charge in [-0.25, -0.2) is 0 Å². The number of hydrogen-bond donors (Lipinski definition) is 0. The van der Waals surface area contributed by atoms with E-state index in [-0.39, 0.29) is 0 Å². The number of rotatable bonds is 5. The van der Waals surface area contributed by atoms with Gasteiger partial charge in [0.2, 0.25) is 0 Å². The summed E-state index contributed by atoms with van der Waals surface area (Å²) < 4.78 is 0.638. The van der Waals surface area contributed by atoms with Crippen LogP contribution in [0.3, 0.4) is 0 Å². The van der Waals surface area contributed by atoms with E-state index >= 15 is 0 Å². The van der Waals surface area contributed by atoms with Crippen molar-refractivity contribution in [2.75, 3.05) is 18.2 Å². The highest BCUT2D eigenvalue weighted by Crippen LogP contribution is 2.10. The van der Waals surface area contributed by atoms with Crippen LogP contribution in [0, 0.1) is 0 Å². The molecule has 0 fully saturated rings. The van der Waals surface area contributed by atoms with E-state index in [4.69, 9.17) is 23.2 Å². The summed E-state index contributed by atoms with van der Waals surface area (Å²) in [6.45, 7) is 2.78. The Balaban J connectivity index is 3.27. The molecule has 0 rings (SSSR count). The number of aliphatic imine (C=N–C) groups is 1. The molecule has 0 aromatic carbocycles. The molecule has 0 saturated heterocycles. The van der Waals surface area contributed by atoms with Gasteiger partial charge in [0, 0.05) is 11.6 Å². The molecule has 0 unspecified atom stereocenters. The Hall–Kier alpha value is 0.600. The topological polar surface area (TPSA) is 12.4 Å². The lowest BCUT2D eigenvalue weighted by molar-refractivity contribution is 0.898. The molecule has 0 N–H and O–H groups in total. The maximum absolute atomic E-state index is 5.75. The van der Waals surface area contributed by atoms with E-state index in [1.807, 2.05) is 0 Å². The monoisotopic (exact) mass is 213 g/mol. The zero-order valence-corrected chi connectivity index (χ0v) is 8.98. The third kappa shape index (κ3) is 8.51. The molecule has 0 aliphatic carbocycles. The number of unbranched alkanes of at least 4 members (excludes halogenated alkanes) is 1. The van der Waals surface area contributed by atoms with Crippen molar-refractivity contribution in [3.05, 3.63) is 0 Å². The molecular formula is C7H13Cl2NS. The fourth-order valence-corrected chi connectivity index (χ4v) is 1.66. The molecule has 4 heteroatoms. The van der Waals surface area contributed by atoms with Crippen molar-refractivity contribution < 1.29 is 0 Å². The lowest BCUT2D eigenvalue weighted by Gasteiger charge is -1.95. The van der Waals surface area contributed by atoms with Crippen molar-refractivity contribution in [1.29, 1.82) is 0 Å². The second-order valence-corrected chi connectivity index (χ2v) is 4.07. The highest BCUT2D eigenvalue weighted by Gasteiger charge is 1.93. The molecule has 0 radical (unpaired) electrons. The van der Waals surface area contributed by atoms with Gasteiger partial charge in [0.25, 0.3) is 0 Å². The molecule has 11 heavy (non-hydrogen) atoms. The van der Waals surface area contributed by atoms with Gasteiger partial charge in [-0.05, 0) is 6.42 Å². The smallest absolute Gasteiger partial charge is 0.158 e. The molecule has 0 amide bonds. The van der Waals surface area contributed by atoms with Crippen LogP contribution < -0.4 is 0 Å². The fourth-order valence-electron chi connectivity index (χ4n) is 0.477. The van der Waals surface area contributed by atoms with Gasteiger partial charge in [0.1, 0.15) is 0 Å². The van der Waals surface area contributed by atoms with Crippen molar-refractivity contribution in [2.24, 2.45) is 4.99 Å². The molecule has 0 aromatic rings. The normalized spacial score (nSPS) is 12.1. The van der Waals surface area contributed by atoms with Crippen molar-refractivity contribution in [1.82, 2.24) is 0 Å². The average molecular weight is 214 g/mol. The SMILES string of the molecule is CCCCSC(Cl)=NCCCl. The second kappa shape index (κ2) is 8.69. The third-order valence-corrected chi connectivity index (χ3v) is 2.52. The first-order valence-electron chi connectivity index (χ1n) is 3.70. The lowest BCUT2D eigenvalue weighted by atomic mass is 10.4. The molecule has 0 aliphatic rings. The molecule has 0 spiro atoms. The highest BCUT2D eigenvalue weighted by atomic mass is 35.5. The van der Waals surface area contributed by atoms with Crippen LogP contribution in [0.5, 0.6) is 0 Å². The molecule has 0 atom stereocenters. The summed E-state index contributed by atoms with van der Waals surface area (Å²) in [5, 5.41) is 0. The van der Waals surface area contributed by atoms with E-state index < -0.39 is 0 Å². The molecule has 0 bridgehead atoms. The first-order chi connectivity index (χ1) is 5.31.